The molecule has 1 aromatic carbocycles. The Labute approximate surface area is 191 Å². The fourth-order valence-electron chi connectivity index (χ4n) is 3.83. The van der Waals surface area contributed by atoms with E-state index in [-0.39, 0.29) is 12.4 Å². The van der Waals surface area contributed by atoms with Gasteiger partial charge in [0.1, 0.15) is 29.0 Å². The number of hydrogen-bond acceptors (Lipinski definition) is 7. The maximum absolute atomic E-state index is 9.61. The standard InChI is InChI=1S/C23H24N4O4.ClH/c28-25-20-15-23(21-13-17-3-1-7-27(17)16-24-21)31-22-5-4-18(14-19(20)22)30-12-9-26-6-2-10-29-11-8-26;/h1,3-5,7,13-16,28H,2,6,8-12H2;1H/b25-20-;. The Bertz CT molecular complexity index is 1260. The van der Waals surface area contributed by atoms with E-state index in [1.54, 1.807) is 12.4 Å². The maximum atomic E-state index is 9.61. The fourth-order valence-corrected chi connectivity index (χ4v) is 3.83. The molecule has 0 radical (unpaired) electrons. The molecule has 3 aromatic heterocycles. The number of fused-ring (bicyclic) bond motifs is 2. The van der Waals surface area contributed by atoms with Gasteiger partial charge in [-0.2, -0.15) is 0 Å². The first-order valence-electron chi connectivity index (χ1n) is 10.4. The molecular weight excluding hydrogens is 432 g/mol. The highest BCUT2D eigenvalue weighted by Crippen LogP contribution is 2.24. The van der Waals surface area contributed by atoms with Crippen LogP contribution in [0.4, 0.5) is 0 Å². The van der Waals surface area contributed by atoms with Crippen molar-refractivity contribution in [2.45, 2.75) is 6.42 Å². The smallest absolute Gasteiger partial charge is 0.155 e. The molecule has 1 saturated heterocycles. The molecule has 168 valence electrons. The summed E-state index contributed by atoms with van der Waals surface area (Å²) in [4.78, 5) is 6.79. The highest BCUT2D eigenvalue weighted by molar-refractivity contribution is 5.85. The second kappa shape index (κ2) is 10.0. The van der Waals surface area contributed by atoms with E-state index < -0.39 is 0 Å². The molecule has 0 unspecified atom stereocenters. The minimum atomic E-state index is 0. The predicted molar refractivity (Wildman–Crippen MR) is 122 cm³/mol. The van der Waals surface area contributed by atoms with Crippen molar-refractivity contribution >= 4 is 28.9 Å². The zero-order chi connectivity index (χ0) is 21.0. The molecule has 4 aromatic rings. The van der Waals surface area contributed by atoms with Crippen LogP contribution in [0.15, 0.2) is 64.6 Å². The summed E-state index contributed by atoms with van der Waals surface area (Å²) in [6, 6.07) is 13.1. The Hall–Kier alpha value is -3.07. The topological polar surface area (TPSA) is 84.7 Å². The predicted octanol–water partition coefficient (Wildman–Crippen LogP) is 3.56. The highest BCUT2D eigenvalue weighted by atomic mass is 35.5. The molecule has 1 fully saturated rings. The monoisotopic (exact) mass is 456 g/mol. The molecule has 5 rings (SSSR count). The van der Waals surface area contributed by atoms with Gasteiger partial charge < -0.3 is 23.5 Å². The summed E-state index contributed by atoms with van der Waals surface area (Å²) in [6.45, 7) is 4.98. The summed E-state index contributed by atoms with van der Waals surface area (Å²) >= 11 is 0. The largest absolute Gasteiger partial charge is 0.492 e. The second-order valence-corrected chi connectivity index (χ2v) is 7.52. The normalized spacial score (nSPS) is 15.6. The van der Waals surface area contributed by atoms with E-state index in [2.05, 4.69) is 15.0 Å². The van der Waals surface area contributed by atoms with Crippen LogP contribution < -0.4 is 10.1 Å². The van der Waals surface area contributed by atoms with Crippen LogP contribution in [0.1, 0.15) is 6.42 Å². The van der Waals surface area contributed by atoms with Gasteiger partial charge >= 0.3 is 0 Å². The fraction of sp³-hybridized carbons (Fsp3) is 0.304. The Morgan fingerprint density at radius 2 is 2.06 bits per heavy atom. The third kappa shape index (κ3) is 4.72. The molecule has 0 atom stereocenters. The summed E-state index contributed by atoms with van der Waals surface area (Å²) < 4.78 is 19.4. The zero-order valence-electron chi connectivity index (χ0n) is 17.5. The number of rotatable bonds is 5. The Kier molecular flexibility index (Phi) is 6.94. The summed E-state index contributed by atoms with van der Waals surface area (Å²) in [5, 5.41) is 14.2. The van der Waals surface area contributed by atoms with Gasteiger partial charge in [-0.05, 0) is 42.8 Å². The third-order valence-corrected chi connectivity index (χ3v) is 5.48. The van der Waals surface area contributed by atoms with Crippen LogP contribution in [0, 0.1) is 0 Å². The van der Waals surface area contributed by atoms with E-state index >= 15 is 0 Å². The van der Waals surface area contributed by atoms with Gasteiger partial charge in [-0.15, -0.1) is 12.4 Å². The summed E-state index contributed by atoms with van der Waals surface area (Å²) in [5.41, 5.74) is 2.27. The highest BCUT2D eigenvalue weighted by Gasteiger charge is 2.11. The van der Waals surface area contributed by atoms with E-state index in [0.29, 0.717) is 40.1 Å². The lowest BCUT2D eigenvalue weighted by molar-refractivity contribution is 0.137. The van der Waals surface area contributed by atoms with Crippen molar-refractivity contribution in [2.24, 2.45) is 5.16 Å². The summed E-state index contributed by atoms with van der Waals surface area (Å²) in [6.07, 6.45) is 4.71. The third-order valence-electron chi connectivity index (χ3n) is 5.48. The lowest BCUT2D eigenvalue weighted by Crippen LogP contribution is -2.30. The van der Waals surface area contributed by atoms with E-state index in [9.17, 15) is 5.21 Å². The molecular formula is C23H25ClN4O4. The Morgan fingerprint density at radius 1 is 1.12 bits per heavy atom. The van der Waals surface area contributed by atoms with Crippen LogP contribution in [0.25, 0.3) is 27.9 Å². The van der Waals surface area contributed by atoms with Crippen molar-refractivity contribution in [3.05, 3.63) is 60.3 Å². The number of ether oxygens (including phenoxy) is 2. The van der Waals surface area contributed by atoms with Crippen LogP contribution in [0.5, 0.6) is 5.75 Å². The minimum absolute atomic E-state index is 0. The average Bonchev–Trinajstić information content (AvgIpc) is 3.12. The van der Waals surface area contributed by atoms with Crippen LogP contribution in [0.3, 0.4) is 0 Å². The Morgan fingerprint density at radius 3 is 2.97 bits per heavy atom. The molecule has 8 nitrogen and oxygen atoms in total. The van der Waals surface area contributed by atoms with E-state index in [4.69, 9.17) is 13.9 Å². The van der Waals surface area contributed by atoms with Crippen molar-refractivity contribution < 1.29 is 19.1 Å². The molecule has 0 aliphatic carbocycles. The quantitative estimate of drug-likeness (QED) is 0.365. The number of nitrogens with zero attached hydrogens (tertiary/aromatic N) is 4. The summed E-state index contributed by atoms with van der Waals surface area (Å²) in [5.74, 6) is 1.24. The lowest BCUT2D eigenvalue weighted by Gasteiger charge is -2.19. The molecule has 4 heterocycles. The van der Waals surface area contributed by atoms with Gasteiger partial charge in [0.05, 0.1) is 18.3 Å². The van der Waals surface area contributed by atoms with Gasteiger partial charge in [-0.3, -0.25) is 4.90 Å². The van der Waals surface area contributed by atoms with Crippen LogP contribution in [0.2, 0.25) is 0 Å². The van der Waals surface area contributed by atoms with Gasteiger partial charge in [0, 0.05) is 44.0 Å². The Balaban J connectivity index is 0.00000245. The van der Waals surface area contributed by atoms with Crippen LogP contribution in [-0.4, -0.2) is 58.9 Å². The van der Waals surface area contributed by atoms with Gasteiger partial charge in [0.2, 0.25) is 0 Å². The zero-order valence-corrected chi connectivity index (χ0v) is 18.3. The maximum Gasteiger partial charge on any atom is 0.155 e. The first-order chi connectivity index (χ1) is 15.3. The molecule has 32 heavy (non-hydrogen) atoms. The van der Waals surface area contributed by atoms with E-state index in [1.807, 2.05) is 47.0 Å². The summed E-state index contributed by atoms with van der Waals surface area (Å²) in [7, 11) is 0. The SMILES string of the molecule is Cl.O/N=c1/cc(-c2cc3cccn3cn2)oc2ccc(OCCN3CCCOCC3)cc12. The van der Waals surface area contributed by atoms with E-state index in [0.717, 1.165) is 44.8 Å². The first kappa shape index (κ1) is 22.1. The van der Waals surface area contributed by atoms with E-state index in [1.165, 1.54) is 0 Å². The van der Waals surface area contributed by atoms with Gasteiger partial charge in [0.15, 0.2) is 5.76 Å². The van der Waals surface area contributed by atoms with Gasteiger partial charge in [0.25, 0.3) is 0 Å². The minimum Gasteiger partial charge on any atom is -0.492 e. The molecule has 0 bridgehead atoms. The van der Waals surface area contributed by atoms with Crippen LogP contribution in [-0.2, 0) is 4.74 Å². The number of aromatic nitrogens is 2. The first-order valence-corrected chi connectivity index (χ1v) is 10.4. The molecule has 0 spiro atoms. The molecule has 0 amide bonds. The van der Waals surface area contributed by atoms with Crippen LogP contribution >= 0.6 is 12.4 Å². The molecule has 0 saturated carbocycles. The number of hydrogen-bond donors (Lipinski definition) is 1. The van der Waals surface area contributed by atoms with Crippen molar-refractivity contribution in [2.75, 3.05) is 39.5 Å². The van der Waals surface area contributed by atoms with Crippen molar-refractivity contribution in [3.63, 3.8) is 0 Å². The average molecular weight is 457 g/mol. The molecule has 9 heteroatoms. The lowest BCUT2D eigenvalue weighted by atomic mass is 10.2. The number of benzene rings is 1. The molecule has 1 aliphatic rings. The van der Waals surface area contributed by atoms with Crippen molar-refractivity contribution in [1.82, 2.24) is 14.3 Å². The number of halogens is 1. The molecule has 1 aliphatic heterocycles. The van der Waals surface area contributed by atoms with Gasteiger partial charge in [-0.1, -0.05) is 5.16 Å². The van der Waals surface area contributed by atoms with Crippen molar-refractivity contribution in [1.29, 1.82) is 0 Å². The van der Waals surface area contributed by atoms with Crippen molar-refractivity contribution in [3.8, 4) is 17.2 Å². The van der Waals surface area contributed by atoms with Gasteiger partial charge in [-0.25, -0.2) is 4.98 Å². The second-order valence-electron chi connectivity index (χ2n) is 7.52. The molecule has 1 N–H and O–H groups in total.